The molecule has 3 rings (SSSR count). The second kappa shape index (κ2) is 8.18. The van der Waals surface area contributed by atoms with E-state index in [1.807, 2.05) is 30.3 Å². The predicted octanol–water partition coefficient (Wildman–Crippen LogP) is 3.82. The molecule has 0 N–H and O–H groups in total. The molecule has 0 saturated heterocycles. The fourth-order valence-electron chi connectivity index (χ4n) is 2.59. The molecule has 2 aromatic carbocycles. The predicted molar refractivity (Wildman–Crippen MR) is 99.3 cm³/mol. The monoisotopic (exact) mass is 363 g/mol. The summed E-state index contributed by atoms with van der Waals surface area (Å²) in [7, 11) is 0. The van der Waals surface area contributed by atoms with Gasteiger partial charge in [-0.1, -0.05) is 42.5 Å². The van der Waals surface area contributed by atoms with Gasteiger partial charge in [-0.25, -0.2) is 14.8 Å². The Balaban J connectivity index is 1.98. The van der Waals surface area contributed by atoms with Crippen molar-refractivity contribution < 1.29 is 14.5 Å². The first-order valence-corrected chi connectivity index (χ1v) is 8.40. The minimum absolute atomic E-state index is 0.0111. The van der Waals surface area contributed by atoms with Gasteiger partial charge in [-0.2, -0.15) is 0 Å². The number of esters is 1. The lowest BCUT2D eigenvalue weighted by Crippen LogP contribution is -2.12. The summed E-state index contributed by atoms with van der Waals surface area (Å²) in [5.74, 6) is 0.00887. The standard InChI is InChI=1S/C20H17N3O4/c1-2-27-20(24)17-13-21-19(15-6-4-3-5-7-15)22-18(17)12-14-8-10-16(11-9-14)23(25)26/h3-11,13H,2,12H2,1H3. The van der Waals surface area contributed by atoms with Gasteiger partial charge in [0.1, 0.15) is 0 Å². The summed E-state index contributed by atoms with van der Waals surface area (Å²) in [6, 6.07) is 15.6. The van der Waals surface area contributed by atoms with Gasteiger partial charge in [-0.3, -0.25) is 10.1 Å². The molecule has 3 aromatic rings. The van der Waals surface area contributed by atoms with Gasteiger partial charge in [0.15, 0.2) is 5.82 Å². The van der Waals surface area contributed by atoms with Gasteiger partial charge in [0.05, 0.1) is 22.8 Å². The maximum absolute atomic E-state index is 12.3. The molecule has 0 bridgehead atoms. The zero-order chi connectivity index (χ0) is 19.2. The molecule has 0 aliphatic rings. The van der Waals surface area contributed by atoms with Crippen molar-refractivity contribution in [2.24, 2.45) is 0 Å². The van der Waals surface area contributed by atoms with E-state index < -0.39 is 10.9 Å². The Morgan fingerprint density at radius 2 is 1.81 bits per heavy atom. The Bertz CT molecular complexity index is 957. The third-order valence-electron chi connectivity index (χ3n) is 3.91. The van der Waals surface area contributed by atoms with Crippen molar-refractivity contribution in [2.75, 3.05) is 6.61 Å². The van der Waals surface area contributed by atoms with Crippen LogP contribution in [0.3, 0.4) is 0 Å². The van der Waals surface area contributed by atoms with Crippen LogP contribution in [0.5, 0.6) is 0 Å². The normalized spacial score (nSPS) is 10.4. The second-order valence-electron chi connectivity index (χ2n) is 5.74. The number of ether oxygens (including phenoxy) is 1. The summed E-state index contributed by atoms with van der Waals surface area (Å²) < 4.78 is 5.09. The Hall–Kier alpha value is -3.61. The Morgan fingerprint density at radius 1 is 1.11 bits per heavy atom. The number of benzene rings is 2. The summed E-state index contributed by atoms with van der Waals surface area (Å²) >= 11 is 0. The summed E-state index contributed by atoms with van der Waals surface area (Å²) in [6.07, 6.45) is 1.79. The lowest BCUT2D eigenvalue weighted by molar-refractivity contribution is -0.384. The number of carbonyl (C=O) groups is 1. The molecule has 136 valence electrons. The van der Waals surface area contributed by atoms with E-state index in [2.05, 4.69) is 9.97 Å². The van der Waals surface area contributed by atoms with Gasteiger partial charge >= 0.3 is 5.97 Å². The number of aromatic nitrogens is 2. The van der Waals surface area contributed by atoms with Crippen LogP contribution in [0.4, 0.5) is 5.69 Å². The van der Waals surface area contributed by atoms with Crippen LogP contribution in [0.25, 0.3) is 11.4 Å². The Kier molecular flexibility index (Phi) is 5.51. The van der Waals surface area contributed by atoms with Gasteiger partial charge in [0.2, 0.25) is 0 Å². The van der Waals surface area contributed by atoms with E-state index in [1.54, 1.807) is 19.1 Å². The quantitative estimate of drug-likeness (QED) is 0.375. The van der Waals surface area contributed by atoms with E-state index in [-0.39, 0.29) is 17.9 Å². The lowest BCUT2D eigenvalue weighted by Gasteiger charge is -2.10. The highest BCUT2D eigenvalue weighted by molar-refractivity contribution is 5.90. The van der Waals surface area contributed by atoms with Crippen molar-refractivity contribution in [1.82, 2.24) is 9.97 Å². The summed E-state index contributed by atoms with van der Waals surface area (Å²) in [4.78, 5) is 31.5. The number of nitro benzene ring substituents is 1. The molecule has 7 nitrogen and oxygen atoms in total. The molecule has 1 aromatic heterocycles. The van der Waals surface area contributed by atoms with Gasteiger partial charge in [-0.05, 0) is 12.5 Å². The van der Waals surface area contributed by atoms with E-state index >= 15 is 0 Å². The molecule has 0 amide bonds. The van der Waals surface area contributed by atoms with Crippen LogP contribution < -0.4 is 0 Å². The summed E-state index contributed by atoms with van der Waals surface area (Å²) in [5, 5.41) is 10.8. The SMILES string of the molecule is CCOC(=O)c1cnc(-c2ccccc2)nc1Cc1ccc([N+](=O)[O-])cc1. The van der Waals surface area contributed by atoms with Crippen LogP contribution in [-0.2, 0) is 11.2 Å². The molecule has 0 aliphatic heterocycles. The van der Waals surface area contributed by atoms with Crippen LogP contribution in [0.1, 0.15) is 28.5 Å². The van der Waals surface area contributed by atoms with Crippen LogP contribution >= 0.6 is 0 Å². The van der Waals surface area contributed by atoms with Crippen LogP contribution in [0.15, 0.2) is 60.8 Å². The minimum Gasteiger partial charge on any atom is -0.462 e. The third kappa shape index (κ3) is 4.33. The van der Waals surface area contributed by atoms with Crippen molar-refractivity contribution in [3.63, 3.8) is 0 Å². The fourth-order valence-corrected chi connectivity index (χ4v) is 2.59. The molecule has 0 fully saturated rings. The first-order valence-electron chi connectivity index (χ1n) is 8.40. The fraction of sp³-hybridized carbons (Fsp3) is 0.150. The molecule has 7 heteroatoms. The van der Waals surface area contributed by atoms with Gasteiger partial charge < -0.3 is 4.74 Å². The summed E-state index contributed by atoms with van der Waals surface area (Å²) in [5.41, 5.74) is 2.43. The largest absolute Gasteiger partial charge is 0.462 e. The summed E-state index contributed by atoms with van der Waals surface area (Å²) in [6.45, 7) is 1.98. The maximum atomic E-state index is 12.3. The number of nitrogens with zero attached hydrogens (tertiary/aromatic N) is 3. The minimum atomic E-state index is -0.492. The Morgan fingerprint density at radius 3 is 2.44 bits per heavy atom. The lowest BCUT2D eigenvalue weighted by atomic mass is 10.1. The molecule has 0 spiro atoms. The smallest absolute Gasteiger partial charge is 0.341 e. The van der Waals surface area contributed by atoms with Crippen LogP contribution in [0, 0.1) is 10.1 Å². The van der Waals surface area contributed by atoms with E-state index in [0.29, 0.717) is 17.9 Å². The molecule has 0 aliphatic carbocycles. The average Bonchev–Trinajstić information content (AvgIpc) is 2.69. The molecule has 0 radical (unpaired) electrons. The van der Waals surface area contributed by atoms with E-state index in [0.717, 1.165) is 11.1 Å². The van der Waals surface area contributed by atoms with Crippen molar-refractivity contribution in [1.29, 1.82) is 0 Å². The van der Waals surface area contributed by atoms with Crippen molar-refractivity contribution >= 4 is 11.7 Å². The second-order valence-corrected chi connectivity index (χ2v) is 5.74. The topological polar surface area (TPSA) is 95.2 Å². The van der Waals surface area contributed by atoms with Crippen molar-refractivity contribution in [2.45, 2.75) is 13.3 Å². The van der Waals surface area contributed by atoms with Crippen LogP contribution in [0.2, 0.25) is 0 Å². The van der Waals surface area contributed by atoms with E-state index in [1.165, 1.54) is 18.3 Å². The van der Waals surface area contributed by atoms with E-state index in [4.69, 9.17) is 4.74 Å². The molecular formula is C20H17N3O4. The third-order valence-corrected chi connectivity index (χ3v) is 3.91. The number of nitro groups is 1. The molecule has 0 atom stereocenters. The highest BCUT2D eigenvalue weighted by atomic mass is 16.6. The molecular weight excluding hydrogens is 346 g/mol. The molecule has 0 saturated carbocycles. The average molecular weight is 363 g/mol. The number of carbonyl (C=O) groups excluding carboxylic acids is 1. The first kappa shape index (κ1) is 18.2. The van der Waals surface area contributed by atoms with E-state index in [9.17, 15) is 14.9 Å². The number of hydrogen-bond acceptors (Lipinski definition) is 6. The molecule has 0 unspecified atom stereocenters. The van der Waals surface area contributed by atoms with Crippen molar-refractivity contribution in [3.05, 3.63) is 87.7 Å². The zero-order valence-corrected chi connectivity index (χ0v) is 14.7. The number of rotatable bonds is 6. The van der Waals surface area contributed by atoms with Gasteiger partial charge in [-0.15, -0.1) is 0 Å². The number of hydrogen-bond donors (Lipinski definition) is 0. The highest BCUT2D eigenvalue weighted by Crippen LogP contribution is 2.20. The molecule has 27 heavy (non-hydrogen) atoms. The number of non-ortho nitro benzene ring substituents is 1. The highest BCUT2D eigenvalue weighted by Gasteiger charge is 2.17. The van der Waals surface area contributed by atoms with Crippen LogP contribution in [-0.4, -0.2) is 27.5 Å². The first-order chi connectivity index (χ1) is 13.1. The Labute approximate surface area is 155 Å². The maximum Gasteiger partial charge on any atom is 0.341 e. The van der Waals surface area contributed by atoms with Crippen molar-refractivity contribution in [3.8, 4) is 11.4 Å². The van der Waals surface area contributed by atoms with Gasteiger partial charge in [0, 0.05) is 30.3 Å². The molecule has 1 heterocycles. The zero-order valence-electron chi connectivity index (χ0n) is 14.7. The van der Waals surface area contributed by atoms with Gasteiger partial charge in [0.25, 0.3) is 5.69 Å².